The minimum atomic E-state index is -3.42. The van der Waals surface area contributed by atoms with E-state index in [1.54, 1.807) is 12.1 Å². The Morgan fingerprint density at radius 2 is 1.76 bits per heavy atom. The van der Waals surface area contributed by atoms with E-state index in [2.05, 4.69) is 5.32 Å². The maximum atomic E-state index is 12.1. The van der Waals surface area contributed by atoms with E-state index in [0.29, 0.717) is 13.1 Å². The summed E-state index contributed by atoms with van der Waals surface area (Å²) in [5.74, 6) is -0.0937. The van der Waals surface area contributed by atoms with Crippen molar-refractivity contribution < 1.29 is 13.2 Å². The smallest absolute Gasteiger partial charge is 0.252 e. The number of carbonyl (C=O) groups is 1. The predicted molar refractivity (Wildman–Crippen MR) is 99.8 cm³/mol. The van der Waals surface area contributed by atoms with E-state index in [1.807, 2.05) is 42.3 Å². The van der Waals surface area contributed by atoms with Crippen LogP contribution in [0.4, 0.5) is 0 Å². The van der Waals surface area contributed by atoms with E-state index in [1.165, 1.54) is 29.7 Å². The molecule has 1 N–H and O–H groups in total. The van der Waals surface area contributed by atoms with Gasteiger partial charge in [0.05, 0.1) is 13.1 Å². The van der Waals surface area contributed by atoms with Crippen LogP contribution < -0.4 is 5.32 Å². The molecule has 25 heavy (non-hydrogen) atoms. The highest BCUT2D eigenvalue weighted by atomic mass is 32.2. The molecule has 2 aromatic rings. The molecule has 2 rings (SSSR count). The van der Waals surface area contributed by atoms with Crippen molar-refractivity contribution in [2.75, 3.05) is 27.7 Å². The van der Waals surface area contributed by atoms with E-state index < -0.39 is 10.0 Å². The summed E-state index contributed by atoms with van der Waals surface area (Å²) >= 11 is 1.17. The molecule has 136 valence electrons. The van der Waals surface area contributed by atoms with E-state index >= 15 is 0 Å². The number of sulfonamides is 1. The third kappa shape index (κ3) is 5.64. The van der Waals surface area contributed by atoms with Crippen LogP contribution in [0.5, 0.6) is 0 Å². The van der Waals surface area contributed by atoms with Crippen LogP contribution in [-0.4, -0.2) is 51.2 Å². The van der Waals surface area contributed by atoms with Crippen molar-refractivity contribution in [2.45, 2.75) is 17.3 Å². The summed E-state index contributed by atoms with van der Waals surface area (Å²) in [4.78, 5) is 14.8. The number of benzene rings is 1. The first kappa shape index (κ1) is 19.6. The normalized spacial score (nSPS) is 11.9. The lowest BCUT2D eigenvalue weighted by molar-refractivity contribution is -0.122. The Hall–Kier alpha value is -1.74. The van der Waals surface area contributed by atoms with E-state index in [9.17, 15) is 13.2 Å². The van der Waals surface area contributed by atoms with Gasteiger partial charge in [-0.1, -0.05) is 30.3 Å². The molecule has 8 heteroatoms. The molecule has 0 spiro atoms. The molecule has 1 aromatic carbocycles. The molecule has 1 amide bonds. The Balaban J connectivity index is 1.83. The zero-order chi connectivity index (χ0) is 18.4. The van der Waals surface area contributed by atoms with Gasteiger partial charge in [-0.25, -0.2) is 12.7 Å². The van der Waals surface area contributed by atoms with Crippen LogP contribution in [0.2, 0.25) is 0 Å². The van der Waals surface area contributed by atoms with Gasteiger partial charge in [-0.2, -0.15) is 0 Å². The molecule has 0 radical (unpaired) electrons. The zero-order valence-electron chi connectivity index (χ0n) is 14.6. The van der Waals surface area contributed by atoms with Crippen molar-refractivity contribution in [1.82, 2.24) is 14.5 Å². The minimum absolute atomic E-state index is 0.0937. The Morgan fingerprint density at radius 1 is 1.08 bits per heavy atom. The standard InChI is InChI=1S/C17H23N3O3S2/c1-19(2)25(22,23)17-10-9-15(24-17)11-18-16(21)13-20(3)12-14-7-5-4-6-8-14/h4-10H,11-13H2,1-3H3,(H,18,21). The number of hydrogen-bond donors (Lipinski definition) is 1. The van der Waals surface area contributed by atoms with Crippen LogP contribution in [0, 0.1) is 0 Å². The minimum Gasteiger partial charge on any atom is -0.350 e. The predicted octanol–water partition coefficient (Wildman–Crippen LogP) is 1.75. The van der Waals surface area contributed by atoms with Crippen LogP contribution in [0.1, 0.15) is 10.4 Å². The fourth-order valence-electron chi connectivity index (χ4n) is 2.21. The molecule has 0 aliphatic heterocycles. The zero-order valence-corrected chi connectivity index (χ0v) is 16.2. The fourth-order valence-corrected chi connectivity index (χ4v) is 4.67. The summed E-state index contributed by atoms with van der Waals surface area (Å²) in [5, 5.41) is 2.83. The molecule has 0 fully saturated rings. The summed E-state index contributed by atoms with van der Waals surface area (Å²) in [6.07, 6.45) is 0. The Morgan fingerprint density at radius 3 is 2.40 bits per heavy atom. The second kappa shape index (κ2) is 8.57. The third-order valence-electron chi connectivity index (χ3n) is 3.54. The number of likely N-dealkylation sites (N-methyl/N-ethyl adjacent to an activating group) is 1. The van der Waals surface area contributed by atoms with Crippen molar-refractivity contribution in [3.8, 4) is 0 Å². The lowest BCUT2D eigenvalue weighted by Gasteiger charge is -2.16. The fraction of sp³-hybridized carbons (Fsp3) is 0.353. The van der Waals surface area contributed by atoms with Gasteiger partial charge in [-0.05, 0) is 24.7 Å². The van der Waals surface area contributed by atoms with Crippen LogP contribution >= 0.6 is 11.3 Å². The van der Waals surface area contributed by atoms with Gasteiger partial charge in [0.2, 0.25) is 5.91 Å². The second-order valence-corrected chi connectivity index (χ2v) is 9.49. The maximum absolute atomic E-state index is 12.1. The summed E-state index contributed by atoms with van der Waals surface area (Å²) < 4.78 is 25.6. The number of nitrogens with one attached hydrogen (secondary N) is 1. The molecule has 6 nitrogen and oxygen atoms in total. The summed E-state index contributed by atoms with van der Waals surface area (Å²) in [6.45, 7) is 1.30. The van der Waals surface area contributed by atoms with Crippen LogP contribution in [0.3, 0.4) is 0 Å². The van der Waals surface area contributed by atoms with E-state index in [0.717, 1.165) is 10.4 Å². The van der Waals surface area contributed by atoms with Crippen molar-refractivity contribution in [3.05, 3.63) is 52.9 Å². The van der Waals surface area contributed by atoms with Gasteiger partial charge in [0.15, 0.2) is 0 Å². The van der Waals surface area contributed by atoms with Gasteiger partial charge in [0.1, 0.15) is 4.21 Å². The van der Waals surface area contributed by atoms with Gasteiger partial charge < -0.3 is 5.32 Å². The first-order chi connectivity index (χ1) is 11.8. The van der Waals surface area contributed by atoms with E-state index in [4.69, 9.17) is 0 Å². The Bertz CT molecular complexity index is 802. The van der Waals surface area contributed by atoms with Crippen molar-refractivity contribution in [3.63, 3.8) is 0 Å². The first-order valence-corrected chi connectivity index (χ1v) is 10.0. The van der Waals surface area contributed by atoms with E-state index in [-0.39, 0.29) is 16.7 Å². The van der Waals surface area contributed by atoms with Crippen LogP contribution in [0.25, 0.3) is 0 Å². The molecule has 0 unspecified atom stereocenters. The van der Waals surface area contributed by atoms with Gasteiger partial charge in [-0.3, -0.25) is 9.69 Å². The highest BCUT2D eigenvalue weighted by Gasteiger charge is 2.19. The number of nitrogens with zero attached hydrogens (tertiary/aromatic N) is 2. The molecule has 0 aliphatic rings. The molecule has 0 aliphatic carbocycles. The number of carbonyl (C=O) groups excluding carboxylic acids is 1. The Kier molecular flexibility index (Phi) is 6.71. The average Bonchev–Trinajstić information content (AvgIpc) is 3.03. The number of hydrogen-bond acceptors (Lipinski definition) is 5. The molecule has 0 saturated heterocycles. The van der Waals surface area contributed by atoms with Gasteiger partial charge in [-0.15, -0.1) is 11.3 Å². The van der Waals surface area contributed by atoms with Crippen molar-refractivity contribution in [1.29, 1.82) is 0 Å². The lowest BCUT2D eigenvalue weighted by Crippen LogP contribution is -2.34. The first-order valence-electron chi connectivity index (χ1n) is 7.79. The van der Waals surface area contributed by atoms with Gasteiger partial charge >= 0.3 is 0 Å². The SMILES string of the molecule is CN(CC(=O)NCc1ccc(S(=O)(=O)N(C)C)s1)Cc1ccccc1. The molecule has 1 heterocycles. The summed E-state index contributed by atoms with van der Waals surface area (Å²) in [7, 11) is 1.47. The topological polar surface area (TPSA) is 69.7 Å². The third-order valence-corrected chi connectivity index (χ3v) is 6.91. The largest absolute Gasteiger partial charge is 0.350 e. The number of amides is 1. The maximum Gasteiger partial charge on any atom is 0.252 e. The molecular formula is C17H23N3O3S2. The highest BCUT2D eigenvalue weighted by molar-refractivity contribution is 7.91. The number of rotatable bonds is 8. The van der Waals surface area contributed by atoms with Gasteiger partial charge in [0.25, 0.3) is 10.0 Å². The molecule has 0 saturated carbocycles. The average molecular weight is 382 g/mol. The van der Waals surface area contributed by atoms with Gasteiger partial charge in [0, 0.05) is 25.5 Å². The second-order valence-electron chi connectivity index (χ2n) is 5.94. The van der Waals surface area contributed by atoms with Crippen molar-refractivity contribution >= 4 is 27.3 Å². The van der Waals surface area contributed by atoms with Crippen LogP contribution in [-0.2, 0) is 27.9 Å². The van der Waals surface area contributed by atoms with Crippen LogP contribution in [0.15, 0.2) is 46.7 Å². The molecular weight excluding hydrogens is 358 g/mol. The lowest BCUT2D eigenvalue weighted by atomic mass is 10.2. The summed E-state index contributed by atoms with van der Waals surface area (Å²) in [6, 6.07) is 13.2. The number of thiophene rings is 1. The van der Waals surface area contributed by atoms with Crippen molar-refractivity contribution in [2.24, 2.45) is 0 Å². The molecule has 1 aromatic heterocycles. The molecule has 0 atom stereocenters. The molecule has 0 bridgehead atoms. The quantitative estimate of drug-likeness (QED) is 0.756. The Labute approximate surface area is 153 Å². The highest BCUT2D eigenvalue weighted by Crippen LogP contribution is 2.23. The summed E-state index contributed by atoms with van der Waals surface area (Å²) in [5.41, 5.74) is 1.15. The monoisotopic (exact) mass is 381 g/mol.